The minimum atomic E-state index is -3.11. The Hall–Kier alpha value is -0.130. The molecule has 0 unspecified atom stereocenters. The molecule has 0 saturated carbocycles. The summed E-state index contributed by atoms with van der Waals surface area (Å²) in [5.74, 6) is 0.914. The van der Waals surface area contributed by atoms with E-state index in [9.17, 15) is 8.42 Å². The molecule has 1 rings (SSSR count). The molecule has 0 aromatic carbocycles. The van der Waals surface area contributed by atoms with Crippen molar-refractivity contribution in [3.63, 3.8) is 0 Å². The Morgan fingerprint density at radius 1 is 1.30 bits per heavy atom. The van der Waals surface area contributed by atoms with Crippen molar-refractivity contribution in [2.45, 2.75) is 39.2 Å². The highest BCUT2D eigenvalue weighted by atomic mass is 127. The normalized spacial score (nSPS) is 17.0. The second-order valence-corrected chi connectivity index (χ2v) is 7.23. The number of rotatable bonds is 8. The van der Waals surface area contributed by atoms with Gasteiger partial charge >= 0.3 is 0 Å². The van der Waals surface area contributed by atoms with Crippen LogP contribution in [0.4, 0.5) is 0 Å². The molecule has 0 aromatic rings. The molecule has 23 heavy (non-hydrogen) atoms. The number of ether oxygens (including phenoxy) is 1. The van der Waals surface area contributed by atoms with Crippen LogP contribution in [0.1, 0.15) is 33.1 Å². The van der Waals surface area contributed by atoms with Crippen LogP contribution in [-0.4, -0.2) is 71.0 Å². The average Bonchev–Trinajstić information content (AvgIpc) is 2.46. The van der Waals surface area contributed by atoms with Crippen LogP contribution in [0.2, 0.25) is 0 Å². The highest BCUT2D eigenvalue weighted by molar-refractivity contribution is 14.0. The number of sulfonamides is 1. The molecule has 0 radical (unpaired) electrons. The van der Waals surface area contributed by atoms with Gasteiger partial charge in [-0.15, -0.1) is 24.0 Å². The van der Waals surface area contributed by atoms with Gasteiger partial charge in [0.15, 0.2) is 5.96 Å². The van der Waals surface area contributed by atoms with Crippen LogP contribution >= 0.6 is 24.0 Å². The number of likely N-dealkylation sites (tertiary alicyclic amines) is 1. The maximum Gasteiger partial charge on any atom is 0.208 e. The molecule has 7 nitrogen and oxygen atoms in total. The molecule has 1 fully saturated rings. The summed E-state index contributed by atoms with van der Waals surface area (Å²) in [5, 5.41) is 3.30. The van der Waals surface area contributed by atoms with Gasteiger partial charge in [-0.2, -0.15) is 0 Å². The summed E-state index contributed by atoms with van der Waals surface area (Å²) >= 11 is 0. The fourth-order valence-corrected chi connectivity index (χ4v) is 2.93. The molecule has 2 N–H and O–H groups in total. The van der Waals surface area contributed by atoms with Crippen LogP contribution in [-0.2, 0) is 14.8 Å². The van der Waals surface area contributed by atoms with E-state index in [4.69, 9.17) is 4.74 Å². The number of nitrogens with zero attached hydrogens (tertiary/aromatic N) is 2. The molecule has 0 aliphatic carbocycles. The van der Waals surface area contributed by atoms with Gasteiger partial charge < -0.3 is 15.0 Å². The highest BCUT2D eigenvalue weighted by Crippen LogP contribution is 2.13. The molecule has 9 heteroatoms. The van der Waals surface area contributed by atoms with Crippen molar-refractivity contribution in [1.29, 1.82) is 0 Å². The van der Waals surface area contributed by atoms with E-state index in [0.29, 0.717) is 25.6 Å². The highest BCUT2D eigenvalue weighted by Gasteiger charge is 2.21. The lowest BCUT2D eigenvalue weighted by molar-refractivity contribution is 0.0264. The predicted molar refractivity (Wildman–Crippen MR) is 105 cm³/mol. The van der Waals surface area contributed by atoms with Crippen LogP contribution in [0, 0.1) is 0 Å². The Balaban J connectivity index is 0.00000484. The third-order valence-electron chi connectivity index (χ3n) is 3.44. The van der Waals surface area contributed by atoms with E-state index in [1.165, 1.54) is 6.26 Å². The fraction of sp³-hybridized carbons (Fsp3) is 0.929. The molecule has 0 aromatic heterocycles. The van der Waals surface area contributed by atoms with Crippen LogP contribution in [0.3, 0.4) is 0 Å². The monoisotopic (exact) mass is 462 g/mol. The topological polar surface area (TPSA) is 83.0 Å². The van der Waals surface area contributed by atoms with E-state index in [1.54, 1.807) is 0 Å². The van der Waals surface area contributed by atoms with Crippen LogP contribution in [0.5, 0.6) is 0 Å². The number of hydrogen-bond donors (Lipinski definition) is 2. The zero-order valence-corrected chi connectivity index (χ0v) is 17.5. The first-order valence-corrected chi connectivity index (χ1v) is 9.95. The molecule has 0 amide bonds. The second kappa shape index (κ2) is 12.3. The van der Waals surface area contributed by atoms with Gasteiger partial charge in [0, 0.05) is 39.3 Å². The van der Waals surface area contributed by atoms with E-state index >= 15 is 0 Å². The van der Waals surface area contributed by atoms with Crippen molar-refractivity contribution in [1.82, 2.24) is 14.9 Å². The van der Waals surface area contributed by atoms with Crippen molar-refractivity contribution >= 4 is 40.0 Å². The van der Waals surface area contributed by atoms with Crippen molar-refractivity contribution in [3.05, 3.63) is 0 Å². The summed E-state index contributed by atoms with van der Waals surface area (Å²) in [6.07, 6.45) is 4.27. The fourth-order valence-electron chi connectivity index (χ4n) is 2.42. The number of piperidine rings is 1. The number of aliphatic imine (C=N–C) groups is 1. The van der Waals surface area contributed by atoms with Gasteiger partial charge in [0.05, 0.1) is 12.4 Å². The quantitative estimate of drug-likeness (QED) is 0.244. The molecule has 0 atom stereocenters. The number of hydrogen-bond acceptors (Lipinski definition) is 4. The summed E-state index contributed by atoms with van der Waals surface area (Å²) < 4.78 is 30.1. The van der Waals surface area contributed by atoms with E-state index in [-0.39, 0.29) is 24.0 Å². The molecule has 0 spiro atoms. The largest absolute Gasteiger partial charge is 0.378 e. The number of guanidine groups is 1. The SMILES string of the molecule is CCNC(=NCCCNS(C)(=O)=O)N1CCC(OCC)CC1.I. The van der Waals surface area contributed by atoms with Crippen LogP contribution in [0.25, 0.3) is 0 Å². The van der Waals surface area contributed by atoms with E-state index in [0.717, 1.165) is 45.0 Å². The Bertz CT molecular complexity index is 437. The average molecular weight is 462 g/mol. The lowest BCUT2D eigenvalue weighted by atomic mass is 10.1. The second-order valence-electron chi connectivity index (χ2n) is 5.40. The number of nitrogens with one attached hydrogen (secondary N) is 2. The van der Waals surface area contributed by atoms with E-state index < -0.39 is 10.0 Å². The van der Waals surface area contributed by atoms with Gasteiger partial charge in [-0.25, -0.2) is 13.1 Å². The zero-order chi connectivity index (χ0) is 16.4. The zero-order valence-electron chi connectivity index (χ0n) is 14.4. The van der Waals surface area contributed by atoms with Crippen LogP contribution < -0.4 is 10.0 Å². The van der Waals surface area contributed by atoms with Crippen molar-refractivity contribution in [2.75, 3.05) is 45.6 Å². The minimum Gasteiger partial charge on any atom is -0.378 e. The molecule has 1 saturated heterocycles. The third-order valence-corrected chi connectivity index (χ3v) is 4.17. The van der Waals surface area contributed by atoms with E-state index in [2.05, 4.69) is 19.9 Å². The van der Waals surface area contributed by atoms with E-state index in [1.807, 2.05) is 13.8 Å². The molecule has 0 bridgehead atoms. The molecule has 1 aliphatic rings. The van der Waals surface area contributed by atoms with Crippen molar-refractivity contribution < 1.29 is 13.2 Å². The summed E-state index contributed by atoms with van der Waals surface area (Å²) in [4.78, 5) is 6.84. The summed E-state index contributed by atoms with van der Waals surface area (Å²) in [6.45, 7) is 8.59. The predicted octanol–water partition coefficient (Wildman–Crippen LogP) is 1.01. The smallest absolute Gasteiger partial charge is 0.208 e. The van der Waals surface area contributed by atoms with Gasteiger partial charge in [-0.3, -0.25) is 4.99 Å². The standard InChI is InChI=1S/C14H30N4O3S.HI/c1-4-15-14(16-9-6-10-17-22(3,19)20)18-11-7-13(8-12-18)21-5-2;/h13,17H,4-12H2,1-3H3,(H,15,16);1H. The molecule has 1 heterocycles. The maximum absolute atomic E-state index is 11.0. The third kappa shape index (κ3) is 10.4. The molecular weight excluding hydrogens is 431 g/mol. The first kappa shape index (κ1) is 22.9. The first-order valence-electron chi connectivity index (χ1n) is 8.05. The lowest BCUT2D eigenvalue weighted by Gasteiger charge is -2.34. The maximum atomic E-state index is 11.0. The lowest BCUT2D eigenvalue weighted by Crippen LogP contribution is -2.47. The Labute approximate surface area is 157 Å². The minimum absolute atomic E-state index is 0. The molecular formula is C14H31IN4O3S. The molecule has 138 valence electrons. The Morgan fingerprint density at radius 3 is 2.48 bits per heavy atom. The van der Waals surface area contributed by atoms with Gasteiger partial charge in [0.1, 0.15) is 0 Å². The first-order chi connectivity index (χ1) is 10.5. The van der Waals surface area contributed by atoms with Gasteiger partial charge in [0.2, 0.25) is 10.0 Å². The van der Waals surface area contributed by atoms with Gasteiger partial charge in [-0.1, -0.05) is 0 Å². The summed E-state index contributed by atoms with van der Waals surface area (Å²) in [5.41, 5.74) is 0. The Morgan fingerprint density at radius 2 is 1.96 bits per heavy atom. The van der Waals surface area contributed by atoms with Crippen molar-refractivity contribution in [2.24, 2.45) is 4.99 Å². The summed E-state index contributed by atoms with van der Waals surface area (Å²) in [6, 6.07) is 0. The molecule has 1 aliphatic heterocycles. The number of halogens is 1. The van der Waals surface area contributed by atoms with Crippen LogP contribution in [0.15, 0.2) is 4.99 Å². The van der Waals surface area contributed by atoms with Gasteiger partial charge in [-0.05, 0) is 33.1 Å². The summed E-state index contributed by atoms with van der Waals surface area (Å²) in [7, 11) is -3.11. The van der Waals surface area contributed by atoms with Gasteiger partial charge in [0.25, 0.3) is 0 Å². The van der Waals surface area contributed by atoms with Crippen molar-refractivity contribution in [3.8, 4) is 0 Å². The Kier molecular flexibility index (Phi) is 12.2.